The number of hydrogen-bond acceptors (Lipinski definition) is 6. The van der Waals surface area contributed by atoms with Crippen LogP contribution in [0.2, 0.25) is 0 Å². The molecular formula is C31H37N3O4S. The molecule has 206 valence electrons. The van der Waals surface area contributed by atoms with E-state index in [0.717, 1.165) is 52.9 Å². The maximum atomic E-state index is 13.6. The molecule has 2 N–H and O–H groups in total. The Bertz CT molecular complexity index is 1360. The third-order valence-electron chi connectivity index (χ3n) is 7.71. The summed E-state index contributed by atoms with van der Waals surface area (Å²) in [5.41, 5.74) is 0.922. The molecule has 0 saturated carbocycles. The summed E-state index contributed by atoms with van der Waals surface area (Å²) in [6.45, 7) is 7.10. The number of thiophene rings is 1. The van der Waals surface area contributed by atoms with Crippen LogP contribution >= 0.6 is 11.3 Å². The van der Waals surface area contributed by atoms with E-state index in [-0.39, 0.29) is 36.2 Å². The van der Waals surface area contributed by atoms with Crippen molar-refractivity contribution in [2.45, 2.75) is 71.1 Å². The molecule has 0 radical (unpaired) electrons. The summed E-state index contributed by atoms with van der Waals surface area (Å²) in [5.74, 6) is -0.694. The van der Waals surface area contributed by atoms with Crippen LogP contribution in [0, 0.1) is 5.92 Å². The second-order valence-electron chi connectivity index (χ2n) is 11.5. The number of amides is 3. The molecule has 3 amide bonds. The zero-order valence-corrected chi connectivity index (χ0v) is 23.7. The zero-order valence-electron chi connectivity index (χ0n) is 22.9. The van der Waals surface area contributed by atoms with Gasteiger partial charge < -0.3 is 15.3 Å². The molecule has 2 atom stereocenters. The molecule has 0 bridgehead atoms. The fraction of sp³-hybridized carbons (Fsp3) is 0.452. The lowest BCUT2D eigenvalue weighted by atomic mass is 9.94. The molecule has 5 rings (SSSR count). The number of imide groups is 1. The lowest BCUT2D eigenvalue weighted by molar-refractivity contribution is -0.125. The van der Waals surface area contributed by atoms with E-state index in [4.69, 9.17) is 0 Å². The van der Waals surface area contributed by atoms with Crippen molar-refractivity contribution in [1.82, 2.24) is 10.2 Å². The molecule has 2 aliphatic heterocycles. The molecule has 0 aliphatic carbocycles. The van der Waals surface area contributed by atoms with Crippen molar-refractivity contribution in [2.75, 3.05) is 18.0 Å². The standard InChI is InChI=1S/C31H37N3O4S/c1-20(9-7-15-31(2,3)38)32-28(35)22-11-8-16-33(18-22)25-13-6-12-24-27(25)30(37)34(29(24)36)19-23-17-21-10-4-5-14-26(21)39-23/h4-6,10,12-14,17,20,22,38H,7-9,11,15-16,18-19H2,1-3H3,(H,32,35)/t20-,22-/m1/s1. The monoisotopic (exact) mass is 547 g/mol. The van der Waals surface area contributed by atoms with Crippen LogP contribution in [0.5, 0.6) is 0 Å². The van der Waals surface area contributed by atoms with E-state index in [9.17, 15) is 19.5 Å². The van der Waals surface area contributed by atoms with Crippen molar-refractivity contribution in [3.05, 3.63) is 64.5 Å². The molecule has 8 heteroatoms. The second kappa shape index (κ2) is 11.1. The highest BCUT2D eigenvalue weighted by Crippen LogP contribution is 2.36. The summed E-state index contributed by atoms with van der Waals surface area (Å²) in [5, 5.41) is 14.2. The van der Waals surface area contributed by atoms with Gasteiger partial charge in [0.15, 0.2) is 0 Å². The maximum Gasteiger partial charge on any atom is 0.264 e. The van der Waals surface area contributed by atoms with Gasteiger partial charge in [0, 0.05) is 28.7 Å². The Balaban J connectivity index is 1.27. The first-order valence-corrected chi connectivity index (χ1v) is 14.7. The number of fused-ring (bicyclic) bond motifs is 2. The van der Waals surface area contributed by atoms with Crippen LogP contribution in [-0.2, 0) is 11.3 Å². The quantitative estimate of drug-likeness (QED) is 0.352. The number of aliphatic hydroxyl groups is 1. The predicted octanol–water partition coefficient (Wildman–Crippen LogP) is 5.36. The average Bonchev–Trinajstić information content (AvgIpc) is 3.42. The third kappa shape index (κ3) is 6.02. The van der Waals surface area contributed by atoms with Crippen LogP contribution in [0.15, 0.2) is 48.5 Å². The highest BCUT2D eigenvalue weighted by molar-refractivity contribution is 7.19. The summed E-state index contributed by atoms with van der Waals surface area (Å²) in [6, 6.07) is 15.6. The topological polar surface area (TPSA) is 89.9 Å². The number of hydrogen-bond donors (Lipinski definition) is 2. The molecule has 0 spiro atoms. The molecule has 7 nitrogen and oxygen atoms in total. The molecular weight excluding hydrogens is 510 g/mol. The molecule has 3 heterocycles. The molecule has 0 unspecified atom stereocenters. The predicted molar refractivity (Wildman–Crippen MR) is 155 cm³/mol. The van der Waals surface area contributed by atoms with Gasteiger partial charge in [0.05, 0.1) is 34.9 Å². The molecule has 2 aliphatic rings. The van der Waals surface area contributed by atoms with Crippen LogP contribution < -0.4 is 10.2 Å². The number of nitrogens with zero attached hydrogens (tertiary/aromatic N) is 2. The lowest BCUT2D eigenvalue weighted by Crippen LogP contribution is -2.45. The van der Waals surface area contributed by atoms with Gasteiger partial charge in [0.2, 0.25) is 5.91 Å². The van der Waals surface area contributed by atoms with E-state index < -0.39 is 5.60 Å². The molecule has 1 fully saturated rings. The van der Waals surface area contributed by atoms with Crippen molar-refractivity contribution < 1.29 is 19.5 Å². The Morgan fingerprint density at radius 2 is 1.95 bits per heavy atom. The Kier molecular flexibility index (Phi) is 7.78. The van der Waals surface area contributed by atoms with E-state index in [1.165, 1.54) is 4.90 Å². The molecule has 2 aromatic carbocycles. The summed E-state index contributed by atoms with van der Waals surface area (Å²) in [7, 11) is 0. The van der Waals surface area contributed by atoms with Crippen LogP contribution in [0.1, 0.15) is 78.5 Å². The highest BCUT2D eigenvalue weighted by atomic mass is 32.1. The van der Waals surface area contributed by atoms with Gasteiger partial charge in [-0.15, -0.1) is 11.3 Å². The van der Waals surface area contributed by atoms with Crippen molar-refractivity contribution in [2.24, 2.45) is 5.92 Å². The summed E-state index contributed by atoms with van der Waals surface area (Å²) in [4.78, 5) is 44.5. The average molecular weight is 548 g/mol. The number of rotatable bonds is 9. The molecule has 3 aromatic rings. The maximum absolute atomic E-state index is 13.6. The summed E-state index contributed by atoms with van der Waals surface area (Å²) in [6.07, 6.45) is 3.97. The van der Waals surface area contributed by atoms with Crippen molar-refractivity contribution in [3.8, 4) is 0 Å². The van der Waals surface area contributed by atoms with Crippen LogP contribution in [0.25, 0.3) is 10.1 Å². The first-order chi connectivity index (χ1) is 18.6. The van der Waals surface area contributed by atoms with Crippen LogP contribution in [0.4, 0.5) is 5.69 Å². The van der Waals surface area contributed by atoms with Gasteiger partial charge in [0.25, 0.3) is 11.8 Å². The third-order valence-corrected chi connectivity index (χ3v) is 8.82. The van der Waals surface area contributed by atoms with Crippen molar-refractivity contribution >= 4 is 44.8 Å². The van der Waals surface area contributed by atoms with Gasteiger partial charge in [0.1, 0.15) is 0 Å². The van der Waals surface area contributed by atoms with E-state index in [1.54, 1.807) is 31.3 Å². The van der Waals surface area contributed by atoms with Gasteiger partial charge in [-0.25, -0.2) is 0 Å². The smallest absolute Gasteiger partial charge is 0.264 e. The minimum atomic E-state index is -0.699. The first kappa shape index (κ1) is 27.3. The number of nitrogens with one attached hydrogen (secondary N) is 1. The Morgan fingerprint density at radius 1 is 1.15 bits per heavy atom. The number of piperidine rings is 1. The first-order valence-electron chi connectivity index (χ1n) is 13.8. The van der Waals surface area contributed by atoms with E-state index in [2.05, 4.69) is 10.2 Å². The molecule has 1 saturated heterocycles. The summed E-state index contributed by atoms with van der Waals surface area (Å²) >= 11 is 1.60. The number of benzene rings is 2. The summed E-state index contributed by atoms with van der Waals surface area (Å²) < 4.78 is 1.13. The molecule has 1 aromatic heterocycles. The second-order valence-corrected chi connectivity index (χ2v) is 12.7. The molecule has 39 heavy (non-hydrogen) atoms. The Morgan fingerprint density at radius 3 is 2.72 bits per heavy atom. The zero-order chi connectivity index (χ0) is 27.7. The number of carbonyl (C=O) groups excluding carboxylic acids is 3. The normalized spacial score (nSPS) is 18.5. The van der Waals surface area contributed by atoms with Gasteiger partial charge in [-0.3, -0.25) is 19.3 Å². The van der Waals surface area contributed by atoms with Gasteiger partial charge in [-0.05, 0) is 82.5 Å². The van der Waals surface area contributed by atoms with E-state index in [1.807, 2.05) is 49.4 Å². The Hall–Kier alpha value is -3.23. The van der Waals surface area contributed by atoms with E-state index in [0.29, 0.717) is 24.1 Å². The van der Waals surface area contributed by atoms with Crippen molar-refractivity contribution in [3.63, 3.8) is 0 Å². The van der Waals surface area contributed by atoms with Crippen molar-refractivity contribution in [1.29, 1.82) is 0 Å². The Labute approximate surface area is 233 Å². The number of carbonyl (C=O) groups is 3. The van der Waals surface area contributed by atoms with Crippen LogP contribution in [-0.4, -0.2) is 52.5 Å². The van der Waals surface area contributed by atoms with Gasteiger partial charge >= 0.3 is 0 Å². The largest absolute Gasteiger partial charge is 0.390 e. The number of anilines is 1. The highest BCUT2D eigenvalue weighted by Gasteiger charge is 2.39. The minimum absolute atomic E-state index is 0.0248. The van der Waals surface area contributed by atoms with Crippen LogP contribution in [0.3, 0.4) is 0 Å². The SMILES string of the molecule is C[C@H](CCCC(C)(C)O)NC(=O)[C@@H]1CCCN(c2cccc3c2C(=O)N(Cc2cc4ccccc4s2)C3=O)C1. The minimum Gasteiger partial charge on any atom is -0.390 e. The van der Waals surface area contributed by atoms with Gasteiger partial charge in [-0.2, -0.15) is 0 Å². The fourth-order valence-electron chi connectivity index (χ4n) is 5.68. The fourth-order valence-corrected chi connectivity index (χ4v) is 6.73. The van der Waals surface area contributed by atoms with E-state index >= 15 is 0 Å². The van der Waals surface area contributed by atoms with Gasteiger partial charge in [-0.1, -0.05) is 24.3 Å². The lowest BCUT2D eigenvalue weighted by Gasteiger charge is -2.35.